The molecule has 0 aliphatic rings. The molecule has 0 aliphatic heterocycles. The molecule has 2 aromatic rings. The van der Waals surface area contributed by atoms with Crippen LogP contribution in [0, 0.1) is 6.92 Å². The molecule has 2 rings (SSSR count). The molecule has 0 aromatic carbocycles. The van der Waals surface area contributed by atoms with Crippen LogP contribution in [0.25, 0.3) is 0 Å². The molecule has 0 fully saturated rings. The van der Waals surface area contributed by atoms with Crippen LogP contribution in [0.15, 0.2) is 34.7 Å². The summed E-state index contributed by atoms with van der Waals surface area (Å²) >= 11 is 0. The highest BCUT2D eigenvalue weighted by atomic mass is 16.3. The summed E-state index contributed by atoms with van der Waals surface area (Å²) in [4.78, 5) is 16.5. The number of hydrogen-bond acceptors (Lipinski definition) is 4. The summed E-state index contributed by atoms with van der Waals surface area (Å²) in [5.41, 5.74) is 0.395. The van der Waals surface area contributed by atoms with Gasteiger partial charge in [0, 0.05) is 6.54 Å². The van der Waals surface area contributed by atoms with E-state index in [9.17, 15) is 4.79 Å². The van der Waals surface area contributed by atoms with E-state index in [2.05, 4.69) is 22.5 Å². The van der Waals surface area contributed by atoms with Gasteiger partial charge in [-0.1, -0.05) is 13.0 Å². The molecule has 0 bridgehead atoms. The normalized spacial score (nSPS) is 12.0. The number of furan rings is 1. The van der Waals surface area contributed by atoms with Gasteiger partial charge >= 0.3 is 0 Å². The number of amides is 1. The molecule has 0 saturated heterocycles. The molecule has 2 heterocycles. The summed E-state index contributed by atoms with van der Waals surface area (Å²) in [6, 6.07) is 8.93. The first kappa shape index (κ1) is 15.1. The molecule has 1 atom stereocenters. The lowest BCUT2D eigenvalue weighted by Crippen LogP contribution is -2.27. The predicted octanol–water partition coefficient (Wildman–Crippen LogP) is 3.30. The SMILES string of the molecule is CCCNc1cccc(C(=O)NC(C)c2ccc(C)o2)n1. The van der Waals surface area contributed by atoms with Crippen LogP contribution in [0.1, 0.15) is 48.3 Å². The van der Waals surface area contributed by atoms with Gasteiger partial charge in [0.2, 0.25) is 0 Å². The zero-order valence-corrected chi connectivity index (χ0v) is 12.6. The fourth-order valence-corrected chi connectivity index (χ4v) is 1.94. The number of aryl methyl sites for hydroxylation is 1. The predicted molar refractivity (Wildman–Crippen MR) is 82.3 cm³/mol. The molecule has 0 radical (unpaired) electrons. The van der Waals surface area contributed by atoms with E-state index in [1.165, 1.54) is 0 Å². The smallest absolute Gasteiger partial charge is 0.270 e. The van der Waals surface area contributed by atoms with Crippen molar-refractivity contribution in [1.82, 2.24) is 10.3 Å². The fourth-order valence-electron chi connectivity index (χ4n) is 1.94. The van der Waals surface area contributed by atoms with Crippen molar-refractivity contribution in [3.63, 3.8) is 0 Å². The Morgan fingerprint density at radius 3 is 2.81 bits per heavy atom. The highest BCUT2D eigenvalue weighted by Gasteiger charge is 2.15. The Morgan fingerprint density at radius 2 is 2.14 bits per heavy atom. The number of nitrogens with one attached hydrogen (secondary N) is 2. The molecule has 1 amide bonds. The van der Waals surface area contributed by atoms with E-state index in [4.69, 9.17) is 4.42 Å². The van der Waals surface area contributed by atoms with E-state index in [1.54, 1.807) is 6.07 Å². The molecule has 0 spiro atoms. The molecule has 5 nitrogen and oxygen atoms in total. The Hall–Kier alpha value is -2.30. The number of carbonyl (C=O) groups excluding carboxylic acids is 1. The first-order valence-corrected chi connectivity index (χ1v) is 7.18. The van der Waals surface area contributed by atoms with Crippen LogP contribution in [-0.4, -0.2) is 17.4 Å². The minimum atomic E-state index is -0.211. The van der Waals surface area contributed by atoms with Gasteiger partial charge < -0.3 is 15.1 Å². The third-order valence-electron chi connectivity index (χ3n) is 3.07. The summed E-state index contributed by atoms with van der Waals surface area (Å²) < 4.78 is 5.51. The fraction of sp³-hybridized carbons (Fsp3) is 0.375. The summed E-state index contributed by atoms with van der Waals surface area (Å²) in [7, 11) is 0. The third-order valence-corrected chi connectivity index (χ3v) is 3.07. The Morgan fingerprint density at radius 1 is 1.33 bits per heavy atom. The van der Waals surface area contributed by atoms with Gasteiger partial charge in [0.05, 0.1) is 6.04 Å². The summed E-state index contributed by atoms with van der Waals surface area (Å²) in [5, 5.41) is 6.05. The minimum absolute atomic E-state index is 0.194. The second-order valence-corrected chi connectivity index (χ2v) is 4.98. The summed E-state index contributed by atoms with van der Waals surface area (Å²) in [5.74, 6) is 2.07. The van der Waals surface area contributed by atoms with Gasteiger partial charge in [-0.2, -0.15) is 0 Å². The van der Waals surface area contributed by atoms with E-state index in [1.807, 2.05) is 38.1 Å². The van der Waals surface area contributed by atoms with Crippen LogP contribution in [0.5, 0.6) is 0 Å². The van der Waals surface area contributed by atoms with Crippen molar-refractivity contribution in [3.8, 4) is 0 Å². The molecular formula is C16H21N3O2. The standard InChI is InChI=1S/C16H21N3O2/c1-4-10-17-15-7-5-6-13(19-15)16(20)18-12(3)14-9-8-11(2)21-14/h5-9,12H,4,10H2,1-3H3,(H,17,19)(H,18,20). The number of hydrogen-bond donors (Lipinski definition) is 2. The maximum absolute atomic E-state index is 12.2. The largest absolute Gasteiger partial charge is 0.464 e. The number of rotatable bonds is 6. The Bertz CT molecular complexity index is 607. The van der Waals surface area contributed by atoms with E-state index >= 15 is 0 Å². The lowest BCUT2D eigenvalue weighted by atomic mass is 10.2. The average Bonchev–Trinajstić information content (AvgIpc) is 2.92. The molecule has 21 heavy (non-hydrogen) atoms. The van der Waals surface area contributed by atoms with E-state index in [0.717, 1.165) is 24.5 Å². The van der Waals surface area contributed by atoms with Gasteiger partial charge in [0.1, 0.15) is 23.0 Å². The zero-order chi connectivity index (χ0) is 15.2. The van der Waals surface area contributed by atoms with Gasteiger partial charge in [-0.15, -0.1) is 0 Å². The van der Waals surface area contributed by atoms with Crippen LogP contribution >= 0.6 is 0 Å². The van der Waals surface area contributed by atoms with Crippen LogP contribution in [-0.2, 0) is 0 Å². The van der Waals surface area contributed by atoms with Crippen molar-refractivity contribution in [1.29, 1.82) is 0 Å². The second-order valence-electron chi connectivity index (χ2n) is 4.98. The zero-order valence-electron chi connectivity index (χ0n) is 12.6. The first-order valence-electron chi connectivity index (χ1n) is 7.18. The Kier molecular flexibility index (Phi) is 4.98. The van der Waals surface area contributed by atoms with E-state index in [-0.39, 0.29) is 11.9 Å². The first-order chi connectivity index (χ1) is 10.1. The van der Waals surface area contributed by atoms with Crippen molar-refractivity contribution in [2.45, 2.75) is 33.2 Å². The molecule has 5 heteroatoms. The van der Waals surface area contributed by atoms with E-state index in [0.29, 0.717) is 11.5 Å². The Balaban J connectivity index is 2.02. The second kappa shape index (κ2) is 6.92. The van der Waals surface area contributed by atoms with Gasteiger partial charge in [-0.05, 0) is 44.5 Å². The van der Waals surface area contributed by atoms with Gasteiger partial charge in [0.15, 0.2) is 0 Å². The van der Waals surface area contributed by atoms with Crippen LogP contribution in [0.4, 0.5) is 5.82 Å². The molecule has 0 saturated carbocycles. The number of nitrogens with zero attached hydrogens (tertiary/aromatic N) is 1. The van der Waals surface area contributed by atoms with Gasteiger partial charge in [0.25, 0.3) is 5.91 Å². The van der Waals surface area contributed by atoms with Crippen molar-refractivity contribution < 1.29 is 9.21 Å². The average molecular weight is 287 g/mol. The number of pyridine rings is 1. The summed E-state index contributed by atoms with van der Waals surface area (Å²) in [6.07, 6.45) is 1.01. The van der Waals surface area contributed by atoms with Crippen LogP contribution in [0.2, 0.25) is 0 Å². The van der Waals surface area contributed by atoms with Gasteiger partial charge in [-0.3, -0.25) is 4.79 Å². The quantitative estimate of drug-likeness (QED) is 0.855. The highest BCUT2D eigenvalue weighted by molar-refractivity contribution is 5.92. The highest BCUT2D eigenvalue weighted by Crippen LogP contribution is 2.16. The molecule has 2 N–H and O–H groups in total. The maximum atomic E-state index is 12.2. The molecule has 0 aliphatic carbocycles. The molecule has 112 valence electrons. The van der Waals surface area contributed by atoms with Crippen molar-refractivity contribution in [2.75, 3.05) is 11.9 Å². The lowest BCUT2D eigenvalue weighted by Gasteiger charge is -2.12. The number of aromatic nitrogens is 1. The van der Waals surface area contributed by atoms with Gasteiger partial charge in [-0.25, -0.2) is 4.98 Å². The van der Waals surface area contributed by atoms with Crippen molar-refractivity contribution in [3.05, 3.63) is 47.5 Å². The Labute approximate surface area is 124 Å². The van der Waals surface area contributed by atoms with Crippen LogP contribution < -0.4 is 10.6 Å². The van der Waals surface area contributed by atoms with Crippen molar-refractivity contribution >= 4 is 11.7 Å². The van der Waals surface area contributed by atoms with Crippen molar-refractivity contribution in [2.24, 2.45) is 0 Å². The number of anilines is 1. The topological polar surface area (TPSA) is 67.2 Å². The third kappa shape index (κ3) is 4.08. The molecule has 2 aromatic heterocycles. The minimum Gasteiger partial charge on any atom is -0.464 e. The molecular weight excluding hydrogens is 266 g/mol. The maximum Gasteiger partial charge on any atom is 0.270 e. The van der Waals surface area contributed by atoms with E-state index < -0.39 is 0 Å². The monoisotopic (exact) mass is 287 g/mol. The molecule has 1 unspecified atom stereocenters. The lowest BCUT2D eigenvalue weighted by molar-refractivity contribution is 0.0930. The summed E-state index contributed by atoms with van der Waals surface area (Å²) in [6.45, 7) is 6.68. The van der Waals surface area contributed by atoms with Crippen LogP contribution in [0.3, 0.4) is 0 Å². The number of carbonyl (C=O) groups is 1.